The summed E-state index contributed by atoms with van der Waals surface area (Å²) in [5, 5.41) is 4.29. The van der Waals surface area contributed by atoms with Crippen molar-refractivity contribution in [2.75, 3.05) is 11.1 Å². The Kier molecular flexibility index (Phi) is 3.67. The van der Waals surface area contributed by atoms with Gasteiger partial charge < -0.3 is 11.1 Å². The zero-order valence-corrected chi connectivity index (χ0v) is 12.4. The Labute approximate surface area is 128 Å². The Morgan fingerprint density at radius 2 is 1.86 bits per heavy atom. The molecular weight excluding hydrogens is 282 g/mol. The number of hydrogen-bond donors (Lipinski definition) is 2. The van der Waals surface area contributed by atoms with Crippen molar-refractivity contribution in [2.45, 2.75) is 12.4 Å². The highest BCUT2D eigenvalue weighted by Crippen LogP contribution is 2.30. The van der Waals surface area contributed by atoms with Crippen molar-refractivity contribution in [3.8, 4) is 11.1 Å². The molecule has 4 heteroatoms. The fourth-order valence-corrected chi connectivity index (χ4v) is 2.51. The zero-order valence-electron chi connectivity index (χ0n) is 11.7. The van der Waals surface area contributed by atoms with Crippen LogP contribution in [0.1, 0.15) is 6.92 Å². The first-order valence-electron chi connectivity index (χ1n) is 6.79. The highest BCUT2D eigenvalue weighted by Gasteiger charge is 2.06. The molecule has 1 heterocycles. The van der Waals surface area contributed by atoms with Gasteiger partial charge in [0.05, 0.1) is 11.0 Å². The lowest BCUT2D eigenvalue weighted by Gasteiger charge is -2.11. The van der Waals surface area contributed by atoms with Crippen molar-refractivity contribution in [3.63, 3.8) is 0 Å². The summed E-state index contributed by atoms with van der Waals surface area (Å²) < 4.78 is 0. The van der Waals surface area contributed by atoms with E-state index in [0.29, 0.717) is 0 Å². The molecule has 0 amide bonds. The van der Waals surface area contributed by atoms with Crippen LogP contribution >= 0.6 is 11.6 Å². The van der Waals surface area contributed by atoms with Crippen LogP contribution in [0.3, 0.4) is 0 Å². The highest BCUT2D eigenvalue weighted by molar-refractivity contribution is 6.21. The molecule has 3 nitrogen and oxygen atoms in total. The number of alkyl halides is 1. The van der Waals surface area contributed by atoms with Crippen LogP contribution in [0.25, 0.3) is 22.0 Å². The molecule has 0 spiro atoms. The monoisotopic (exact) mass is 297 g/mol. The Morgan fingerprint density at radius 1 is 1.10 bits per heavy atom. The van der Waals surface area contributed by atoms with E-state index in [9.17, 15) is 0 Å². The fraction of sp³-hybridized carbons (Fsp3) is 0.118. The minimum atomic E-state index is -0.126. The van der Waals surface area contributed by atoms with Gasteiger partial charge in [0.2, 0.25) is 0 Å². The van der Waals surface area contributed by atoms with Gasteiger partial charge in [-0.25, -0.2) is 0 Å². The molecule has 3 aromatic rings. The summed E-state index contributed by atoms with van der Waals surface area (Å²) in [6.45, 7) is 1.90. The highest BCUT2D eigenvalue weighted by atomic mass is 35.5. The Hall–Kier alpha value is -2.26. The number of pyridine rings is 1. The molecule has 0 bridgehead atoms. The summed E-state index contributed by atoms with van der Waals surface area (Å²) in [5.41, 5.74) is 10.6. The van der Waals surface area contributed by atoms with Crippen molar-refractivity contribution in [1.82, 2.24) is 4.98 Å². The summed E-state index contributed by atoms with van der Waals surface area (Å²) in [5.74, 6) is 0. The van der Waals surface area contributed by atoms with Crippen LogP contribution in [0, 0.1) is 0 Å². The SMILES string of the molecule is CC(Cl)Nc1ccc2nccc(-c3ccc(N)cc3)c2c1. The van der Waals surface area contributed by atoms with E-state index in [1.165, 1.54) is 0 Å². The number of rotatable bonds is 3. The molecule has 0 saturated heterocycles. The number of halogens is 1. The van der Waals surface area contributed by atoms with Gasteiger partial charge in [-0.15, -0.1) is 0 Å². The lowest BCUT2D eigenvalue weighted by Crippen LogP contribution is -2.06. The molecule has 0 aliphatic heterocycles. The summed E-state index contributed by atoms with van der Waals surface area (Å²) in [6, 6.07) is 15.9. The first kappa shape index (κ1) is 13.7. The van der Waals surface area contributed by atoms with Gasteiger partial charge in [0, 0.05) is 23.0 Å². The first-order valence-corrected chi connectivity index (χ1v) is 7.22. The van der Waals surface area contributed by atoms with Crippen LogP contribution in [0.4, 0.5) is 11.4 Å². The van der Waals surface area contributed by atoms with E-state index in [-0.39, 0.29) is 5.50 Å². The van der Waals surface area contributed by atoms with Gasteiger partial charge in [0.25, 0.3) is 0 Å². The standard InChI is InChI=1S/C17H16ClN3/c1-11(18)21-14-6-7-17-16(10-14)15(8-9-20-17)12-2-4-13(19)5-3-12/h2-11,21H,19H2,1H3. The smallest absolute Gasteiger partial charge is 0.0984 e. The van der Waals surface area contributed by atoms with Gasteiger partial charge >= 0.3 is 0 Å². The number of nitrogens with zero attached hydrogens (tertiary/aromatic N) is 1. The second-order valence-electron chi connectivity index (χ2n) is 4.97. The molecule has 0 aliphatic carbocycles. The van der Waals surface area contributed by atoms with Gasteiger partial charge in [-0.05, 0) is 54.4 Å². The van der Waals surface area contributed by atoms with Gasteiger partial charge in [-0.1, -0.05) is 23.7 Å². The molecule has 1 unspecified atom stereocenters. The predicted molar refractivity (Wildman–Crippen MR) is 90.5 cm³/mol. The van der Waals surface area contributed by atoms with Crippen LogP contribution in [-0.4, -0.2) is 10.5 Å². The molecule has 2 aromatic carbocycles. The van der Waals surface area contributed by atoms with Crippen molar-refractivity contribution >= 4 is 33.9 Å². The molecule has 0 aliphatic rings. The number of nitrogens with one attached hydrogen (secondary N) is 1. The van der Waals surface area contributed by atoms with Crippen LogP contribution in [0.15, 0.2) is 54.7 Å². The summed E-state index contributed by atoms with van der Waals surface area (Å²) in [6.07, 6.45) is 1.82. The third-order valence-electron chi connectivity index (χ3n) is 3.33. The van der Waals surface area contributed by atoms with Crippen molar-refractivity contribution < 1.29 is 0 Å². The summed E-state index contributed by atoms with van der Waals surface area (Å²) >= 11 is 6.00. The fourth-order valence-electron chi connectivity index (χ4n) is 2.38. The maximum absolute atomic E-state index is 6.00. The molecule has 3 rings (SSSR count). The molecule has 1 aromatic heterocycles. The van der Waals surface area contributed by atoms with Crippen LogP contribution in [-0.2, 0) is 0 Å². The second-order valence-corrected chi connectivity index (χ2v) is 5.63. The van der Waals surface area contributed by atoms with E-state index >= 15 is 0 Å². The van der Waals surface area contributed by atoms with E-state index in [0.717, 1.165) is 33.4 Å². The number of nitrogens with two attached hydrogens (primary N) is 1. The van der Waals surface area contributed by atoms with E-state index < -0.39 is 0 Å². The number of benzene rings is 2. The molecule has 0 radical (unpaired) electrons. The Morgan fingerprint density at radius 3 is 2.57 bits per heavy atom. The number of aromatic nitrogens is 1. The molecule has 0 saturated carbocycles. The number of nitrogen functional groups attached to an aromatic ring is 1. The van der Waals surface area contributed by atoms with Gasteiger partial charge in [-0.3, -0.25) is 4.98 Å². The van der Waals surface area contributed by atoms with Crippen molar-refractivity contribution in [2.24, 2.45) is 0 Å². The van der Waals surface area contributed by atoms with Gasteiger partial charge in [0.15, 0.2) is 0 Å². The lowest BCUT2D eigenvalue weighted by atomic mass is 10.0. The van der Waals surface area contributed by atoms with Crippen molar-refractivity contribution in [1.29, 1.82) is 0 Å². The maximum Gasteiger partial charge on any atom is 0.0984 e. The minimum absolute atomic E-state index is 0.126. The number of fused-ring (bicyclic) bond motifs is 1. The minimum Gasteiger partial charge on any atom is -0.399 e. The molecule has 21 heavy (non-hydrogen) atoms. The first-order chi connectivity index (χ1) is 10.1. The largest absolute Gasteiger partial charge is 0.399 e. The zero-order chi connectivity index (χ0) is 14.8. The van der Waals surface area contributed by atoms with Crippen LogP contribution in [0.5, 0.6) is 0 Å². The summed E-state index contributed by atoms with van der Waals surface area (Å²) in [4.78, 5) is 4.42. The quantitative estimate of drug-likeness (QED) is 0.426. The van der Waals surface area contributed by atoms with Crippen molar-refractivity contribution in [3.05, 3.63) is 54.7 Å². The van der Waals surface area contributed by atoms with Crippen LogP contribution in [0.2, 0.25) is 0 Å². The van der Waals surface area contributed by atoms with E-state index in [1.54, 1.807) is 0 Å². The Bertz CT molecular complexity index is 767. The molecule has 106 valence electrons. The molecule has 1 atom stereocenters. The van der Waals surface area contributed by atoms with Gasteiger partial charge in [0.1, 0.15) is 0 Å². The predicted octanol–water partition coefficient (Wildman–Crippen LogP) is 4.48. The third-order valence-corrected chi connectivity index (χ3v) is 3.44. The molecular formula is C17H16ClN3. The van der Waals surface area contributed by atoms with Gasteiger partial charge in [-0.2, -0.15) is 0 Å². The summed E-state index contributed by atoms with van der Waals surface area (Å²) in [7, 11) is 0. The lowest BCUT2D eigenvalue weighted by molar-refractivity contribution is 1.11. The average Bonchev–Trinajstić information content (AvgIpc) is 2.47. The number of anilines is 2. The number of hydrogen-bond acceptors (Lipinski definition) is 3. The van der Waals surface area contributed by atoms with E-state index in [1.807, 2.05) is 55.6 Å². The maximum atomic E-state index is 6.00. The topological polar surface area (TPSA) is 50.9 Å². The molecule has 0 fully saturated rings. The Balaban J connectivity index is 2.15. The van der Waals surface area contributed by atoms with Crippen LogP contribution < -0.4 is 11.1 Å². The molecule has 3 N–H and O–H groups in total. The van der Waals surface area contributed by atoms with E-state index in [2.05, 4.69) is 16.4 Å². The van der Waals surface area contributed by atoms with E-state index in [4.69, 9.17) is 17.3 Å². The third kappa shape index (κ3) is 2.93. The average molecular weight is 298 g/mol. The second kappa shape index (κ2) is 5.62. The normalized spacial score (nSPS) is 12.3.